The van der Waals surface area contributed by atoms with E-state index >= 15 is 0 Å². The van der Waals surface area contributed by atoms with E-state index in [9.17, 15) is 5.21 Å². The number of aryl methyl sites for hydroxylation is 1. The second-order valence-corrected chi connectivity index (χ2v) is 10.1. The maximum Gasteiger partial charge on any atom is 0.211 e. The van der Waals surface area contributed by atoms with Crippen molar-refractivity contribution < 1.29 is 5.21 Å². The average molecular weight is 567 g/mol. The van der Waals surface area contributed by atoms with E-state index in [4.69, 9.17) is 33.2 Å². The Morgan fingerprint density at radius 2 is 1.70 bits per heavy atom. The lowest BCUT2D eigenvalue weighted by Gasteiger charge is -2.21. The molecular weight excluding hydrogens is 543 g/mol. The van der Waals surface area contributed by atoms with Crippen LogP contribution in [0.5, 0.6) is 0 Å². The molecule has 40 heavy (non-hydrogen) atoms. The van der Waals surface area contributed by atoms with Gasteiger partial charge in [-0.3, -0.25) is 10.6 Å². The first-order chi connectivity index (χ1) is 19.4. The van der Waals surface area contributed by atoms with Crippen molar-refractivity contribution in [3.8, 4) is 27.6 Å². The van der Waals surface area contributed by atoms with Crippen LogP contribution in [0.15, 0.2) is 102 Å². The SMILES string of the molecule is Cc1nc(-n2nc(-c3ccccc3)cc2-c2ccccc2)sc1C(/C=C\c1ccc(N([O-])O)cc1)=N/NC(N)=S. The van der Waals surface area contributed by atoms with Gasteiger partial charge in [0, 0.05) is 11.1 Å². The van der Waals surface area contributed by atoms with Crippen molar-refractivity contribution in [3.63, 3.8) is 0 Å². The van der Waals surface area contributed by atoms with Gasteiger partial charge in [-0.1, -0.05) is 90.2 Å². The largest absolute Gasteiger partial charge is 0.733 e. The van der Waals surface area contributed by atoms with Crippen LogP contribution < -0.4 is 16.4 Å². The number of rotatable bonds is 8. The van der Waals surface area contributed by atoms with E-state index in [-0.39, 0.29) is 16.0 Å². The molecule has 11 heteroatoms. The Bertz CT molecular complexity index is 1680. The Morgan fingerprint density at radius 1 is 1.05 bits per heavy atom. The Kier molecular flexibility index (Phi) is 8.08. The number of anilines is 1. The summed E-state index contributed by atoms with van der Waals surface area (Å²) in [4.78, 5) is 5.65. The second kappa shape index (κ2) is 12.0. The Balaban J connectivity index is 1.56. The number of hydrogen-bond acceptors (Lipinski definition) is 8. The number of allylic oxidation sites excluding steroid dienone is 1. The molecule has 0 unspecified atom stereocenters. The van der Waals surface area contributed by atoms with Gasteiger partial charge in [-0.15, -0.1) is 0 Å². The highest BCUT2D eigenvalue weighted by molar-refractivity contribution is 7.80. The number of aromatic nitrogens is 3. The average Bonchev–Trinajstić information content (AvgIpc) is 3.58. The zero-order chi connectivity index (χ0) is 28.1. The van der Waals surface area contributed by atoms with Crippen molar-refractivity contribution in [2.24, 2.45) is 10.8 Å². The Labute approximate surface area is 240 Å². The molecule has 5 rings (SSSR count). The molecule has 4 N–H and O–H groups in total. The number of thiocarbonyl (C=S) groups is 1. The number of hydrogen-bond donors (Lipinski definition) is 3. The quantitative estimate of drug-likeness (QED) is 0.120. The van der Waals surface area contributed by atoms with E-state index in [1.165, 1.54) is 23.5 Å². The normalized spacial score (nSPS) is 11.6. The van der Waals surface area contributed by atoms with Crippen LogP contribution in [0.3, 0.4) is 0 Å². The van der Waals surface area contributed by atoms with Gasteiger partial charge in [0.1, 0.15) is 5.71 Å². The van der Waals surface area contributed by atoms with Crippen molar-refractivity contribution in [3.05, 3.63) is 118 Å². The molecule has 0 amide bonds. The number of benzene rings is 3. The Hall–Kier alpha value is -4.68. The maximum absolute atomic E-state index is 11.1. The highest BCUT2D eigenvalue weighted by Gasteiger charge is 2.19. The van der Waals surface area contributed by atoms with Crippen molar-refractivity contribution in [1.82, 2.24) is 20.2 Å². The van der Waals surface area contributed by atoms with E-state index in [0.29, 0.717) is 10.8 Å². The smallest absolute Gasteiger partial charge is 0.211 e. The fraction of sp³-hybridized carbons (Fsp3) is 0.0345. The highest BCUT2D eigenvalue weighted by atomic mass is 32.1. The van der Waals surface area contributed by atoms with E-state index in [0.717, 1.165) is 38.6 Å². The number of thiazole rings is 1. The molecule has 0 aliphatic heterocycles. The van der Waals surface area contributed by atoms with Crippen LogP contribution >= 0.6 is 23.6 Å². The molecule has 5 aromatic rings. The van der Waals surface area contributed by atoms with Gasteiger partial charge in [0.15, 0.2) is 5.11 Å². The molecule has 0 atom stereocenters. The molecule has 0 aliphatic rings. The summed E-state index contributed by atoms with van der Waals surface area (Å²) < 4.78 is 1.85. The third-order valence-corrected chi connectivity index (χ3v) is 7.13. The van der Waals surface area contributed by atoms with Gasteiger partial charge in [-0.25, -0.2) is 9.67 Å². The summed E-state index contributed by atoms with van der Waals surface area (Å²) in [6, 6.07) is 28.5. The Morgan fingerprint density at radius 3 is 2.33 bits per heavy atom. The topological polar surface area (TPSA) is 128 Å². The molecule has 0 aliphatic carbocycles. The highest BCUT2D eigenvalue weighted by Crippen LogP contribution is 2.31. The van der Waals surface area contributed by atoms with Crippen LogP contribution in [-0.2, 0) is 0 Å². The molecule has 0 spiro atoms. The molecule has 0 saturated heterocycles. The van der Waals surface area contributed by atoms with Crippen LogP contribution in [0, 0.1) is 12.1 Å². The summed E-state index contributed by atoms with van der Waals surface area (Å²) in [6.07, 6.45) is 3.63. The molecule has 2 aromatic heterocycles. The molecule has 9 nitrogen and oxygen atoms in total. The number of nitrogens with one attached hydrogen (secondary N) is 1. The molecule has 0 fully saturated rings. The fourth-order valence-corrected chi connectivity index (χ4v) is 5.02. The molecular formula is C29H24N7O2S2-. The van der Waals surface area contributed by atoms with Crippen LogP contribution in [0.4, 0.5) is 5.69 Å². The molecule has 2 heterocycles. The van der Waals surface area contributed by atoms with Crippen molar-refractivity contribution >= 4 is 46.1 Å². The van der Waals surface area contributed by atoms with Crippen LogP contribution in [-0.4, -0.2) is 30.8 Å². The monoisotopic (exact) mass is 566 g/mol. The zero-order valence-corrected chi connectivity index (χ0v) is 22.9. The summed E-state index contributed by atoms with van der Waals surface area (Å²) in [5.74, 6) is 0. The minimum atomic E-state index is -0.184. The van der Waals surface area contributed by atoms with Crippen molar-refractivity contribution in [1.29, 1.82) is 0 Å². The van der Waals surface area contributed by atoms with E-state index in [1.807, 2.05) is 78.3 Å². The number of hydrazone groups is 1. The number of nitrogens with two attached hydrogens (primary N) is 1. The predicted molar refractivity (Wildman–Crippen MR) is 164 cm³/mol. The summed E-state index contributed by atoms with van der Waals surface area (Å²) in [7, 11) is 0. The van der Waals surface area contributed by atoms with E-state index < -0.39 is 0 Å². The van der Waals surface area contributed by atoms with Crippen LogP contribution in [0.1, 0.15) is 16.1 Å². The fourth-order valence-electron chi connectivity index (χ4n) is 3.97. The maximum atomic E-state index is 11.1. The summed E-state index contributed by atoms with van der Waals surface area (Å²) in [5, 5.41) is 30.0. The van der Waals surface area contributed by atoms with E-state index in [2.05, 4.69) is 16.6 Å². The zero-order valence-electron chi connectivity index (χ0n) is 21.3. The lowest BCUT2D eigenvalue weighted by Crippen LogP contribution is -2.25. The van der Waals surface area contributed by atoms with Gasteiger partial charge in [0.05, 0.1) is 27.6 Å². The van der Waals surface area contributed by atoms with Gasteiger partial charge < -0.3 is 16.2 Å². The van der Waals surface area contributed by atoms with Gasteiger partial charge in [-0.05, 0) is 49.0 Å². The first kappa shape index (κ1) is 26.9. The van der Waals surface area contributed by atoms with Crippen molar-refractivity contribution in [2.45, 2.75) is 6.92 Å². The molecule has 200 valence electrons. The first-order valence-corrected chi connectivity index (χ1v) is 13.4. The second-order valence-electron chi connectivity index (χ2n) is 8.64. The first-order valence-electron chi connectivity index (χ1n) is 12.2. The number of nitrogens with zero attached hydrogens (tertiary/aromatic N) is 5. The molecule has 0 bridgehead atoms. The third kappa shape index (κ3) is 6.14. The molecule has 0 radical (unpaired) electrons. The summed E-state index contributed by atoms with van der Waals surface area (Å²) >= 11 is 6.40. The van der Waals surface area contributed by atoms with Crippen LogP contribution in [0.2, 0.25) is 0 Å². The minimum Gasteiger partial charge on any atom is -0.733 e. The predicted octanol–water partition coefficient (Wildman–Crippen LogP) is 5.92. The standard InChI is InChI=1S/C29H24N7O2S2/c1-19-27(24(32-33-28(30)39)17-14-20-12-15-23(16-13-20)36(37)38)40-29(31-19)35-26(22-10-6-3-7-11-22)18-25(34-35)21-8-4-2-5-9-21/h2-18,37H,1H3,(H3,30,33,39)/q-1/b17-14-,32-24+. The summed E-state index contributed by atoms with van der Waals surface area (Å²) in [6.45, 7) is 1.90. The molecule has 0 saturated carbocycles. The lowest BCUT2D eigenvalue weighted by atomic mass is 10.1. The van der Waals surface area contributed by atoms with Gasteiger partial charge >= 0.3 is 0 Å². The van der Waals surface area contributed by atoms with E-state index in [1.54, 1.807) is 18.2 Å². The van der Waals surface area contributed by atoms with Gasteiger partial charge in [-0.2, -0.15) is 10.2 Å². The third-order valence-electron chi connectivity index (χ3n) is 5.88. The summed E-state index contributed by atoms with van der Waals surface area (Å²) in [5.41, 5.74) is 14.3. The lowest BCUT2D eigenvalue weighted by molar-refractivity contribution is 0.296. The molecule has 3 aromatic carbocycles. The van der Waals surface area contributed by atoms with Crippen molar-refractivity contribution in [2.75, 3.05) is 5.23 Å². The van der Waals surface area contributed by atoms with Gasteiger partial charge in [0.2, 0.25) is 5.13 Å². The minimum absolute atomic E-state index is 0.0297. The van der Waals surface area contributed by atoms with Crippen LogP contribution in [0.25, 0.3) is 33.7 Å². The van der Waals surface area contributed by atoms with Gasteiger partial charge in [0.25, 0.3) is 0 Å².